The molecule has 0 aliphatic carbocycles. The number of hydrogen-bond donors (Lipinski definition) is 0. The minimum atomic E-state index is -0.0589. The molecule has 0 aromatic carbocycles. The Kier molecular flexibility index (Phi) is 5.87. The maximum atomic E-state index is 12.8. The third-order valence-corrected chi connectivity index (χ3v) is 4.98. The van der Waals surface area contributed by atoms with Crippen LogP contribution in [0.4, 0.5) is 0 Å². The van der Waals surface area contributed by atoms with Crippen LogP contribution in [0.5, 0.6) is 0 Å². The molecule has 3 rings (SSSR count). The van der Waals surface area contributed by atoms with Crippen molar-refractivity contribution in [2.45, 2.75) is 45.7 Å². The molecule has 0 radical (unpaired) electrons. The number of nitrogens with zero attached hydrogens (tertiary/aromatic N) is 3. The minimum absolute atomic E-state index is 0.0589. The van der Waals surface area contributed by atoms with E-state index in [4.69, 9.17) is 4.42 Å². The zero-order valence-corrected chi connectivity index (χ0v) is 15.1. The Morgan fingerprint density at radius 2 is 1.92 bits per heavy atom. The van der Waals surface area contributed by atoms with E-state index in [1.807, 2.05) is 31.2 Å². The van der Waals surface area contributed by atoms with E-state index in [0.29, 0.717) is 18.8 Å². The second kappa shape index (κ2) is 8.30. The first-order valence-corrected chi connectivity index (χ1v) is 9.21. The van der Waals surface area contributed by atoms with Gasteiger partial charge in [-0.15, -0.1) is 0 Å². The summed E-state index contributed by atoms with van der Waals surface area (Å²) in [6.07, 6.45) is 7.29. The first-order valence-electron chi connectivity index (χ1n) is 9.21. The van der Waals surface area contributed by atoms with Crippen LogP contribution in [0.2, 0.25) is 0 Å². The number of carbonyl (C=O) groups excluding carboxylic acids is 1. The summed E-state index contributed by atoms with van der Waals surface area (Å²) in [5.41, 5.74) is 1.07. The lowest BCUT2D eigenvalue weighted by Crippen LogP contribution is -2.32. The zero-order chi connectivity index (χ0) is 17.6. The summed E-state index contributed by atoms with van der Waals surface area (Å²) in [7, 11) is 0. The van der Waals surface area contributed by atoms with Crippen LogP contribution in [-0.4, -0.2) is 40.3 Å². The molecule has 0 N–H and O–H groups in total. The average molecular weight is 341 g/mol. The molecular weight excluding hydrogens is 314 g/mol. The lowest BCUT2D eigenvalue weighted by atomic mass is 10.1. The monoisotopic (exact) mass is 341 g/mol. The summed E-state index contributed by atoms with van der Waals surface area (Å²) in [4.78, 5) is 21.0. The fraction of sp³-hybridized carbons (Fsp3) is 0.500. The van der Waals surface area contributed by atoms with Crippen molar-refractivity contribution in [3.63, 3.8) is 0 Å². The zero-order valence-electron chi connectivity index (χ0n) is 15.1. The molecule has 2 aromatic rings. The van der Waals surface area contributed by atoms with Gasteiger partial charge >= 0.3 is 0 Å². The van der Waals surface area contributed by atoms with Crippen LogP contribution in [0.25, 0.3) is 0 Å². The molecule has 0 saturated carbocycles. The summed E-state index contributed by atoms with van der Waals surface area (Å²) in [5, 5.41) is 0. The second-order valence-corrected chi connectivity index (χ2v) is 6.65. The van der Waals surface area contributed by atoms with Gasteiger partial charge in [0.2, 0.25) is 0 Å². The second-order valence-electron chi connectivity index (χ2n) is 6.65. The minimum Gasteiger partial charge on any atom is -0.454 e. The van der Waals surface area contributed by atoms with Gasteiger partial charge in [0.25, 0.3) is 5.91 Å². The maximum Gasteiger partial charge on any atom is 0.289 e. The van der Waals surface area contributed by atoms with Crippen molar-refractivity contribution in [3.8, 4) is 0 Å². The van der Waals surface area contributed by atoms with Crippen LogP contribution in [0.1, 0.15) is 61.0 Å². The number of aromatic nitrogens is 1. The van der Waals surface area contributed by atoms with Crippen LogP contribution in [0, 0.1) is 0 Å². The number of carbonyl (C=O) groups is 1. The highest BCUT2D eigenvalue weighted by molar-refractivity contribution is 5.91. The van der Waals surface area contributed by atoms with Crippen molar-refractivity contribution >= 4 is 5.91 Å². The number of amides is 1. The Labute approximate surface area is 149 Å². The standard InChI is InChI=1S/C20H27N3O2/c1-3-22(15-17-9-11-21-12-10-17)20(24)19-8-7-18(25-19)16(2)23-13-5-4-6-14-23/h7-12,16H,3-6,13-15H2,1-2H3. The SMILES string of the molecule is CCN(Cc1ccncc1)C(=O)c1ccc(C(C)N2CCCCC2)o1. The molecule has 5 nitrogen and oxygen atoms in total. The van der Waals surface area contributed by atoms with E-state index in [1.54, 1.807) is 17.3 Å². The Morgan fingerprint density at radius 3 is 2.60 bits per heavy atom. The van der Waals surface area contributed by atoms with E-state index < -0.39 is 0 Å². The maximum absolute atomic E-state index is 12.8. The molecule has 1 fully saturated rings. The Hall–Kier alpha value is -2.14. The quantitative estimate of drug-likeness (QED) is 0.800. The van der Waals surface area contributed by atoms with Crippen molar-refractivity contribution in [2.24, 2.45) is 0 Å². The van der Waals surface area contributed by atoms with Crippen LogP contribution < -0.4 is 0 Å². The van der Waals surface area contributed by atoms with Gasteiger partial charge in [-0.05, 0) is 69.6 Å². The number of hydrogen-bond acceptors (Lipinski definition) is 4. The van der Waals surface area contributed by atoms with Gasteiger partial charge < -0.3 is 9.32 Å². The van der Waals surface area contributed by atoms with E-state index >= 15 is 0 Å². The molecular formula is C20H27N3O2. The molecule has 1 unspecified atom stereocenters. The van der Waals surface area contributed by atoms with E-state index in [2.05, 4.69) is 16.8 Å². The Morgan fingerprint density at radius 1 is 1.20 bits per heavy atom. The van der Waals surface area contributed by atoms with E-state index in [1.165, 1.54) is 19.3 Å². The van der Waals surface area contributed by atoms with Crippen LogP contribution >= 0.6 is 0 Å². The predicted molar refractivity (Wildman–Crippen MR) is 97.2 cm³/mol. The molecule has 1 atom stereocenters. The third-order valence-electron chi connectivity index (χ3n) is 4.98. The molecule has 134 valence electrons. The largest absolute Gasteiger partial charge is 0.454 e. The van der Waals surface area contributed by atoms with Gasteiger partial charge in [0, 0.05) is 25.5 Å². The molecule has 1 saturated heterocycles. The lowest BCUT2D eigenvalue weighted by Gasteiger charge is -2.31. The highest BCUT2D eigenvalue weighted by Crippen LogP contribution is 2.26. The van der Waals surface area contributed by atoms with E-state index in [0.717, 1.165) is 24.4 Å². The molecule has 25 heavy (non-hydrogen) atoms. The highest BCUT2D eigenvalue weighted by Gasteiger charge is 2.23. The predicted octanol–water partition coefficient (Wildman–Crippen LogP) is 3.88. The first-order chi connectivity index (χ1) is 12.2. The van der Waals surface area contributed by atoms with Crippen LogP contribution in [-0.2, 0) is 6.54 Å². The third kappa shape index (κ3) is 4.28. The van der Waals surface area contributed by atoms with Gasteiger partial charge in [0.05, 0.1) is 6.04 Å². The fourth-order valence-corrected chi connectivity index (χ4v) is 3.37. The van der Waals surface area contributed by atoms with Gasteiger partial charge in [-0.1, -0.05) is 6.42 Å². The number of rotatable bonds is 6. The van der Waals surface area contributed by atoms with Crippen molar-refractivity contribution in [2.75, 3.05) is 19.6 Å². The molecule has 5 heteroatoms. The lowest BCUT2D eigenvalue weighted by molar-refractivity contribution is 0.0712. The molecule has 0 bridgehead atoms. The molecule has 1 aliphatic rings. The van der Waals surface area contributed by atoms with Crippen molar-refractivity contribution in [1.82, 2.24) is 14.8 Å². The topological polar surface area (TPSA) is 49.6 Å². The first kappa shape index (κ1) is 17.7. The smallest absolute Gasteiger partial charge is 0.289 e. The summed E-state index contributed by atoms with van der Waals surface area (Å²) in [5.74, 6) is 1.25. The van der Waals surface area contributed by atoms with Crippen LogP contribution in [0.15, 0.2) is 41.1 Å². The average Bonchev–Trinajstić information content (AvgIpc) is 3.16. The van der Waals surface area contributed by atoms with Crippen molar-refractivity contribution < 1.29 is 9.21 Å². The molecule has 3 heterocycles. The number of likely N-dealkylation sites (tertiary alicyclic amines) is 1. The fourth-order valence-electron chi connectivity index (χ4n) is 3.37. The summed E-state index contributed by atoms with van der Waals surface area (Å²) in [6, 6.07) is 7.85. The summed E-state index contributed by atoms with van der Waals surface area (Å²) < 4.78 is 5.94. The van der Waals surface area contributed by atoms with Gasteiger partial charge in [0.15, 0.2) is 5.76 Å². The van der Waals surface area contributed by atoms with Gasteiger partial charge in [-0.2, -0.15) is 0 Å². The molecule has 2 aromatic heterocycles. The summed E-state index contributed by atoms with van der Waals surface area (Å²) >= 11 is 0. The number of furan rings is 1. The molecule has 1 aliphatic heterocycles. The number of pyridine rings is 1. The Bertz CT molecular complexity index is 677. The van der Waals surface area contributed by atoms with Gasteiger partial charge in [0.1, 0.15) is 5.76 Å². The summed E-state index contributed by atoms with van der Waals surface area (Å²) in [6.45, 7) is 7.56. The van der Waals surface area contributed by atoms with E-state index in [-0.39, 0.29) is 11.9 Å². The van der Waals surface area contributed by atoms with Gasteiger partial charge in [-0.3, -0.25) is 14.7 Å². The number of piperidine rings is 1. The Balaban J connectivity index is 1.68. The van der Waals surface area contributed by atoms with Crippen molar-refractivity contribution in [3.05, 3.63) is 53.7 Å². The van der Waals surface area contributed by atoms with Crippen LogP contribution in [0.3, 0.4) is 0 Å². The normalized spacial score (nSPS) is 16.6. The highest BCUT2D eigenvalue weighted by atomic mass is 16.4. The van der Waals surface area contributed by atoms with E-state index in [9.17, 15) is 4.79 Å². The van der Waals surface area contributed by atoms with Crippen molar-refractivity contribution in [1.29, 1.82) is 0 Å². The van der Waals surface area contributed by atoms with Gasteiger partial charge in [-0.25, -0.2) is 0 Å². The molecule has 0 spiro atoms. The molecule has 1 amide bonds.